The second-order valence-corrected chi connectivity index (χ2v) is 4.53. The molecule has 1 aliphatic heterocycles. The van der Waals surface area contributed by atoms with Gasteiger partial charge in [-0.1, -0.05) is 0 Å². The number of hydrogen-bond acceptors (Lipinski definition) is 7. The predicted molar refractivity (Wildman–Crippen MR) is 48.5 cm³/mol. The van der Waals surface area contributed by atoms with E-state index in [2.05, 4.69) is 4.74 Å². The van der Waals surface area contributed by atoms with Gasteiger partial charge in [0, 0.05) is 0 Å². The molecule has 0 saturated carbocycles. The highest BCUT2D eigenvalue weighted by molar-refractivity contribution is 7.83. The summed E-state index contributed by atoms with van der Waals surface area (Å²) in [6, 6.07) is -1.62. The zero-order valence-electron chi connectivity index (χ0n) is 7.96. The van der Waals surface area contributed by atoms with E-state index in [9.17, 15) is 23.7 Å². The molecule has 10 heteroatoms. The normalized spacial score (nSPS) is 40.9. The first-order chi connectivity index (χ1) is 7.26. The number of hydrogen-bond donors (Lipinski definition) is 6. The first kappa shape index (κ1) is 13.7. The molecule has 0 spiro atoms. The minimum Gasteiger partial charge on any atom is -0.394 e. The quantitative estimate of drug-likeness (QED) is 0.281. The molecule has 5 atom stereocenters. The minimum absolute atomic E-state index is 0.659. The Morgan fingerprint density at radius 3 is 2.19 bits per heavy atom. The van der Waals surface area contributed by atoms with Crippen molar-refractivity contribution >= 4 is 10.3 Å². The standard InChI is InChI=1S/C6H13NO8S/c8-1-2-4(9)5(10)3(6(11)15-2)7-16(12,13)14/h2-11H,1H2,(H,12,13,14)/t2-,3-,4+,5-,6?/m1/s1. The number of nitrogens with one attached hydrogen (secondary N) is 1. The second kappa shape index (κ2) is 4.89. The molecule has 16 heavy (non-hydrogen) atoms. The molecule has 1 unspecified atom stereocenters. The summed E-state index contributed by atoms with van der Waals surface area (Å²) >= 11 is 0. The number of rotatable bonds is 3. The Labute approximate surface area is 91.2 Å². The Kier molecular flexibility index (Phi) is 4.20. The topological polar surface area (TPSA) is 157 Å². The van der Waals surface area contributed by atoms with Gasteiger partial charge in [0.05, 0.1) is 6.61 Å². The average molecular weight is 259 g/mol. The summed E-state index contributed by atoms with van der Waals surface area (Å²) in [5.41, 5.74) is 0. The van der Waals surface area contributed by atoms with E-state index in [1.165, 1.54) is 4.72 Å². The van der Waals surface area contributed by atoms with E-state index in [0.29, 0.717) is 0 Å². The second-order valence-electron chi connectivity index (χ2n) is 3.35. The molecule has 1 rings (SSSR count). The number of aliphatic hydroxyl groups excluding tert-OH is 4. The van der Waals surface area contributed by atoms with Crippen molar-refractivity contribution in [3.63, 3.8) is 0 Å². The lowest BCUT2D eigenvalue weighted by Crippen LogP contribution is -2.64. The highest BCUT2D eigenvalue weighted by Gasteiger charge is 2.44. The zero-order chi connectivity index (χ0) is 12.5. The maximum Gasteiger partial charge on any atom is 0.333 e. The lowest BCUT2D eigenvalue weighted by molar-refractivity contribution is -0.251. The van der Waals surface area contributed by atoms with Crippen LogP contribution in [-0.2, 0) is 15.0 Å². The summed E-state index contributed by atoms with van der Waals surface area (Å²) in [5, 5.41) is 36.8. The summed E-state index contributed by atoms with van der Waals surface area (Å²) in [6.45, 7) is -0.659. The number of aliphatic hydroxyl groups is 4. The molecule has 1 saturated heterocycles. The fourth-order valence-corrected chi connectivity index (χ4v) is 2.00. The smallest absolute Gasteiger partial charge is 0.333 e. The summed E-state index contributed by atoms with van der Waals surface area (Å²) in [5.74, 6) is 0. The van der Waals surface area contributed by atoms with Crippen molar-refractivity contribution in [1.29, 1.82) is 0 Å². The third kappa shape index (κ3) is 3.09. The van der Waals surface area contributed by atoms with Gasteiger partial charge in [0.25, 0.3) is 0 Å². The lowest BCUT2D eigenvalue weighted by Gasteiger charge is -2.39. The summed E-state index contributed by atoms with van der Waals surface area (Å²) < 4.78 is 35.6. The molecule has 0 aromatic heterocycles. The van der Waals surface area contributed by atoms with Crippen molar-refractivity contribution in [1.82, 2.24) is 4.72 Å². The Balaban J connectivity index is 2.80. The van der Waals surface area contributed by atoms with Crippen LogP contribution in [0.4, 0.5) is 0 Å². The third-order valence-electron chi connectivity index (χ3n) is 2.19. The van der Waals surface area contributed by atoms with Gasteiger partial charge in [-0.3, -0.25) is 4.55 Å². The van der Waals surface area contributed by atoms with Crippen LogP contribution in [0.25, 0.3) is 0 Å². The van der Waals surface area contributed by atoms with Gasteiger partial charge in [0.1, 0.15) is 24.4 Å². The molecule has 0 aliphatic carbocycles. The Morgan fingerprint density at radius 2 is 1.75 bits per heavy atom. The fraction of sp³-hybridized carbons (Fsp3) is 1.00. The van der Waals surface area contributed by atoms with Gasteiger partial charge in [-0.15, -0.1) is 0 Å². The molecule has 0 aromatic rings. The summed E-state index contributed by atoms with van der Waals surface area (Å²) in [4.78, 5) is 0. The van der Waals surface area contributed by atoms with Crippen molar-refractivity contribution in [2.75, 3.05) is 6.61 Å². The van der Waals surface area contributed by atoms with E-state index in [1.54, 1.807) is 0 Å². The van der Waals surface area contributed by atoms with Gasteiger partial charge in [0.15, 0.2) is 6.29 Å². The van der Waals surface area contributed by atoms with E-state index < -0.39 is 47.6 Å². The van der Waals surface area contributed by atoms with Crippen LogP contribution < -0.4 is 4.72 Å². The maximum absolute atomic E-state index is 10.5. The van der Waals surface area contributed by atoms with E-state index in [-0.39, 0.29) is 0 Å². The summed E-state index contributed by atoms with van der Waals surface area (Å²) in [7, 11) is -4.66. The van der Waals surface area contributed by atoms with Gasteiger partial charge < -0.3 is 25.2 Å². The molecular weight excluding hydrogens is 246 g/mol. The van der Waals surface area contributed by atoms with Crippen molar-refractivity contribution in [2.24, 2.45) is 0 Å². The van der Waals surface area contributed by atoms with Crippen molar-refractivity contribution in [2.45, 2.75) is 30.6 Å². The third-order valence-corrected chi connectivity index (χ3v) is 2.76. The first-order valence-corrected chi connectivity index (χ1v) is 5.75. The maximum atomic E-state index is 10.5. The van der Waals surface area contributed by atoms with Crippen molar-refractivity contribution in [3.8, 4) is 0 Å². The summed E-state index contributed by atoms with van der Waals surface area (Å²) in [6.07, 6.45) is -6.34. The molecule has 0 bridgehead atoms. The Bertz CT molecular complexity index is 331. The van der Waals surface area contributed by atoms with Crippen molar-refractivity contribution in [3.05, 3.63) is 0 Å². The molecule has 0 amide bonds. The molecule has 1 fully saturated rings. The molecule has 1 heterocycles. The van der Waals surface area contributed by atoms with Crippen LogP contribution in [-0.4, -0.2) is 70.6 Å². The molecule has 1 aliphatic rings. The van der Waals surface area contributed by atoms with E-state index in [1.807, 2.05) is 0 Å². The van der Waals surface area contributed by atoms with Crippen LogP contribution >= 0.6 is 0 Å². The minimum atomic E-state index is -4.66. The van der Waals surface area contributed by atoms with Crippen molar-refractivity contribution < 1.29 is 38.1 Å². The van der Waals surface area contributed by atoms with Crippen LogP contribution in [0.5, 0.6) is 0 Å². The van der Waals surface area contributed by atoms with Crippen LogP contribution in [0.2, 0.25) is 0 Å². The van der Waals surface area contributed by atoms with Gasteiger partial charge in [0.2, 0.25) is 0 Å². The molecule has 6 N–H and O–H groups in total. The Hall–Kier alpha value is -0.330. The molecule has 0 radical (unpaired) electrons. The van der Waals surface area contributed by atoms with E-state index >= 15 is 0 Å². The number of ether oxygens (including phenoxy) is 1. The highest BCUT2D eigenvalue weighted by Crippen LogP contribution is 2.19. The molecule has 9 nitrogen and oxygen atoms in total. The van der Waals surface area contributed by atoms with Crippen LogP contribution in [0, 0.1) is 0 Å². The molecular formula is C6H13NO8S. The average Bonchev–Trinajstić information content (AvgIpc) is 2.17. The molecule has 96 valence electrons. The van der Waals surface area contributed by atoms with Gasteiger partial charge >= 0.3 is 10.3 Å². The monoisotopic (exact) mass is 259 g/mol. The molecule has 0 aromatic carbocycles. The van der Waals surface area contributed by atoms with E-state index in [0.717, 1.165) is 0 Å². The lowest BCUT2D eigenvalue weighted by atomic mass is 9.98. The highest BCUT2D eigenvalue weighted by atomic mass is 32.2. The SMILES string of the molecule is O=S(=O)(O)N[C@H]1C(O)O[C@H](CO)[C@H](O)[C@@H]1O. The zero-order valence-corrected chi connectivity index (χ0v) is 8.78. The van der Waals surface area contributed by atoms with Gasteiger partial charge in [-0.2, -0.15) is 13.1 Å². The van der Waals surface area contributed by atoms with Crippen LogP contribution in [0.1, 0.15) is 0 Å². The van der Waals surface area contributed by atoms with Gasteiger partial charge in [-0.25, -0.2) is 0 Å². The largest absolute Gasteiger partial charge is 0.394 e. The Morgan fingerprint density at radius 1 is 1.19 bits per heavy atom. The van der Waals surface area contributed by atoms with Crippen LogP contribution in [0.3, 0.4) is 0 Å². The predicted octanol–water partition coefficient (Wildman–Crippen LogP) is -3.82. The fourth-order valence-electron chi connectivity index (χ4n) is 1.40. The van der Waals surface area contributed by atoms with Gasteiger partial charge in [-0.05, 0) is 0 Å². The van der Waals surface area contributed by atoms with Crippen LogP contribution in [0.15, 0.2) is 0 Å². The van der Waals surface area contributed by atoms with E-state index in [4.69, 9.17) is 9.66 Å². The first-order valence-electron chi connectivity index (χ1n) is 4.31.